The first-order chi connectivity index (χ1) is 27.5. The van der Waals surface area contributed by atoms with Crippen molar-refractivity contribution in [3.8, 4) is 40.2 Å². The van der Waals surface area contributed by atoms with Crippen LogP contribution in [0.1, 0.15) is 16.7 Å². The minimum atomic E-state index is 0.0824. The van der Waals surface area contributed by atoms with Gasteiger partial charge in [-0.05, 0) is 53.1 Å². The average molecular weight is 872 g/mol. The molecule has 7 nitrogen and oxygen atoms in total. The predicted molar refractivity (Wildman–Crippen MR) is 239 cm³/mol. The van der Waals surface area contributed by atoms with Crippen molar-refractivity contribution < 1.29 is 33.2 Å². The molecule has 13 heteroatoms. The lowest BCUT2D eigenvalue weighted by Crippen LogP contribution is -2.07. The van der Waals surface area contributed by atoms with Crippen LogP contribution < -0.4 is 49.1 Å². The second-order valence-electron chi connectivity index (χ2n) is 11.5. The summed E-state index contributed by atoms with van der Waals surface area (Å²) >= 11 is 17.9. The number of benzene rings is 6. The van der Waals surface area contributed by atoms with Gasteiger partial charge in [-0.15, -0.1) is 0 Å². The maximum Gasteiger partial charge on any atom is 0.170 e. The lowest BCUT2D eigenvalue weighted by atomic mass is 10.2. The Hall–Kier alpha value is -3.92. The Morgan fingerprint density at radius 3 is 1.30 bits per heavy atom. The third-order valence-corrected chi connectivity index (χ3v) is 11.5. The fraction of sp³-hybridized carbons (Fsp3) is 0.163. The summed E-state index contributed by atoms with van der Waals surface area (Å²) in [6.07, 6.45) is 0. The van der Waals surface area contributed by atoms with Crippen LogP contribution in [0.3, 0.4) is 0 Å². The van der Waals surface area contributed by atoms with Crippen molar-refractivity contribution in [1.29, 1.82) is 0 Å². The molecular weight excluding hydrogens is 828 g/mol. The molecule has 0 fully saturated rings. The van der Waals surface area contributed by atoms with Crippen molar-refractivity contribution in [3.05, 3.63) is 156 Å². The molecule has 0 saturated heterocycles. The van der Waals surface area contributed by atoms with Gasteiger partial charge >= 0.3 is 0 Å². The molecule has 0 aromatic heterocycles. The van der Waals surface area contributed by atoms with Crippen molar-refractivity contribution in [2.75, 3.05) is 28.4 Å². The molecule has 0 spiro atoms. The van der Waals surface area contributed by atoms with E-state index in [0.29, 0.717) is 37.1 Å². The largest absolute Gasteiger partial charge is 0.497 e. The van der Waals surface area contributed by atoms with Gasteiger partial charge in [0.15, 0.2) is 23.0 Å². The Balaban J connectivity index is 0.000000187. The van der Waals surface area contributed by atoms with Crippen LogP contribution in [0.15, 0.2) is 140 Å². The Morgan fingerprint density at radius 1 is 0.375 bits per heavy atom. The topological polar surface area (TPSA) is 64.6 Å². The van der Waals surface area contributed by atoms with Gasteiger partial charge in [-0.3, -0.25) is 0 Å². The van der Waals surface area contributed by atoms with Crippen molar-refractivity contribution in [2.45, 2.75) is 19.8 Å². The summed E-state index contributed by atoms with van der Waals surface area (Å²) in [7, 11) is 6.89. The molecule has 6 rings (SSSR count). The van der Waals surface area contributed by atoms with E-state index in [0.717, 1.165) is 55.6 Å². The highest BCUT2D eigenvalue weighted by Gasteiger charge is 2.14. The highest BCUT2D eigenvalue weighted by molar-refractivity contribution is 7.75. The summed E-state index contributed by atoms with van der Waals surface area (Å²) in [5.41, 5.74) is 3.35. The first-order valence-electron chi connectivity index (χ1n) is 17.2. The quantitative estimate of drug-likeness (QED) is 0.0898. The lowest BCUT2D eigenvalue weighted by molar-refractivity contribution is 0.286. The molecule has 0 bridgehead atoms. The number of ether oxygens (including phenoxy) is 7. The van der Waals surface area contributed by atoms with E-state index in [1.54, 1.807) is 34.5 Å². The maximum absolute atomic E-state index is 6.01. The Morgan fingerprint density at radius 2 is 0.839 bits per heavy atom. The molecule has 3 atom stereocenters. The molecule has 6 aromatic rings. The van der Waals surface area contributed by atoms with Crippen LogP contribution in [0, 0.1) is 0 Å². The lowest BCUT2D eigenvalue weighted by Gasteiger charge is -2.15. The Bertz CT molecular complexity index is 1980. The fourth-order valence-corrected chi connectivity index (χ4v) is 7.67. The summed E-state index contributed by atoms with van der Waals surface area (Å²) in [6.45, 7) is 1.52. The summed E-state index contributed by atoms with van der Waals surface area (Å²) in [4.78, 5) is 0. The minimum Gasteiger partial charge on any atom is -0.497 e. The van der Waals surface area contributed by atoms with Crippen LogP contribution in [-0.2, 0) is 19.8 Å². The molecule has 6 aromatic carbocycles. The zero-order chi connectivity index (χ0) is 40.0. The fourth-order valence-electron chi connectivity index (χ4n) is 5.00. The van der Waals surface area contributed by atoms with Gasteiger partial charge in [-0.1, -0.05) is 131 Å². The van der Waals surface area contributed by atoms with Crippen LogP contribution in [0.2, 0.25) is 0 Å². The first kappa shape index (κ1) is 44.8. The third kappa shape index (κ3) is 14.2. The Labute approximate surface area is 349 Å². The van der Waals surface area contributed by atoms with Crippen LogP contribution in [-0.4, -0.2) is 28.4 Å². The summed E-state index contributed by atoms with van der Waals surface area (Å²) in [6, 6.07) is 45.1. The molecule has 294 valence electrons. The van der Waals surface area contributed by atoms with E-state index < -0.39 is 0 Å². The molecule has 0 N–H and O–H groups in total. The van der Waals surface area contributed by atoms with E-state index >= 15 is 0 Å². The van der Waals surface area contributed by atoms with E-state index in [1.807, 2.05) is 133 Å². The van der Waals surface area contributed by atoms with Gasteiger partial charge in [0, 0.05) is 45.8 Å². The molecular formula is C43H44Cl3O7P3. The molecule has 0 amide bonds. The summed E-state index contributed by atoms with van der Waals surface area (Å²) in [5, 5.41) is 2.80. The van der Waals surface area contributed by atoms with Crippen molar-refractivity contribution in [3.63, 3.8) is 0 Å². The maximum atomic E-state index is 6.01. The zero-order valence-electron chi connectivity index (χ0n) is 31.4. The Kier molecular flexibility index (Phi) is 20.3. The number of rotatable bonds is 16. The minimum absolute atomic E-state index is 0.0824. The first-order valence-corrected chi connectivity index (χ1v) is 23.2. The number of para-hydroxylation sites is 1. The number of methoxy groups -OCH3 is 4. The van der Waals surface area contributed by atoms with E-state index in [4.69, 9.17) is 66.9 Å². The van der Waals surface area contributed by atoms with Crippen LogP contribution in [0.5, 0.6) is 40.2 Å². The summed E-state index contributed by atoms with van der Waals surface area (Å²) in [5.74, 6) is 5.07. The third-order valence-electron chi connectivity index (χ3n) is 7.86. The van der Waals surface area contributed by atoms with E-state index in [9.17, 15) is 0 Å². The number of halogens is 3. The van der Waals surface area contributed by atoms with Crippen LogP contribution in [0.4, 0.5) is 0 Å². The van der Waals surface area contributed by atoms with Gasteiger partial charge in [-0.2, -0.15) is 0 Å². The van der Waals surface area contributed by atoms with Gasteiger partial charge in [0.2, 0.25) is 0 Å². The van der Waals surface area contributed by atoms with Crippen molar-refractivity contribution >= 4 is 73.4 Å². The monoisotopic (exact) mass is 870 g/mol. The molecule has 56 heavy (non-hydrogen) atoms. The molecule has 0 aliphatic heterocycles. The second-order valence-corrected chi connectivity index (χ2v) is 15.4. The smallest absolute Gasteiger partial charge is 0.170 e. The molecule has 0 saturated carbocycles. The number of hydrogen-bond acceptors (Lipinski definition) is 7. The SMILES string of the molecule is COc1cc(OC)c(OCc2ccccc2)c(PCl)c1.COc1ccc(OCc2ccccc2)c(PCl)c1.COc1cccc(PCl)c1OCc1ccccc1. The average Bonchev–Trinajstić information content (AvgIpc) is 3.27. The highest BCUT2D eigenvalue weighted by Crippen LogP contribution is 2.36. The molecule has 0 aliphatic rings. The zero-order valence-corrected chi connectivity index (χ0v) is 36.7. The molecule has 0 radical (unpaired) electrons. The molecule has 0 heterocycles. The van der Waals surface area contributed by atoms with Gasteiger partial charge < -0.3 is 33.2 Å². The van der Waals surface area contributed by atoms with E-state index in [2.05, 4.69) is 0 Å². The standard InChI is InChI=1S/C15H16ClO3P.2C14H14ClO2P/c1-17-12-8-13(18-2)15(14(9-12)20-16)19-10-11-6-4-3-5-7-11;1-16-12-8-5-9-13(18-15)14(12)17-10-11-6-3-2-4-7-11;1-16-12-7-8-13(14(9-12)18-15)17-10-11-5-3-2-4-6-11/h3-9,20H,10H2,1-2H3;2*2-9,18H,10H2,1H3. The van der Waals surface area contributed by atoms with Crippen molar-refractivity contribution in [1.82, 2.24) is 0 Å². The van der Waals surface area contributed by atoms with Crippen LogP contribution in [0.25, 0.3) is 0 Å². The van der Waals surface area contributed by atoms with Gasteiger partial charge in [0.25, 0.3) is 0 Å². The van der Waals surface area contributed by atoms with Gasteiger partial charge in [0.05, 0.1) is 28.4 Å². The van der Waals surface area contributed by atoms with Gasteiger partial charge in [-0.25, -0.2) is 0 Å². The van der Waals surface area contributed by atoms with E-state index in [1.165, 1.54) is 0 Å². The highest BCUT2D eigenvalue weighted by atomic mass is 35.7. The molecule has 3 unspecified atom stereocenters. The van der Waals surface area contributed by atoms with E-state index in [-0.39, 0.29) is 23.8 Å². The van der Waals surface area contributed by atoms with Gasteiger partial charge in [0.1, 0.15) is 37.1 Å². The number of hydrogen-bond donors (Lipinski definition) is 0. The normalized spacial score (nSPS) is 10.8. The molecule has 0 aliphatic carbocycles. The van der Waals surface area contributed by atoms with Crippen LogP contribution >= 0.6 is 57.5 Å². The second kappa shape index (κ2) is 25.4. The van der Waals surface area contributed by atoms with Crippen molar-refractivity contribution in [2.24, 2.45) is 0 Å². The summed E-state index contributed by atoms with van der Waals surface area (Å²) < 4.78 is 38.5. The predicted octanol–water partition coefficient (Wildman–Crippen LogP) is 11.2.